The van der Waals surface area contributed by atoms with Crippen LogP contribution < -0.4 is 10.6 Å². The number of halogens is 2. The van der Waals surface area contributed by atoms with Gasteiger partial charge in [0.05, 0.1) is 12.2 Å². The van der Waals surface area contributed by atoms with E-state index in [4.69, 9.17) is 5.11 Å². The number of hydrogen-bond donors (Lipinski definition) is 3. The molecule has 0 aromatic heterocycles. The van der Waals surface area contributed by atoms with Gasteiger partial charge >= 0.3 is 5.97 Å². The molecule has 1 aliphatic rings. The number of carbonyl (C=O) groups is 2. The molecular weight excluding hydrogens is 284 g/mol. The van der Waals surface area contributed by atoms with E-state index < -0.39 is 29.6 Å². The van der Waals surface area contributed by atoms with Crippen molar-refractivity contribution in [1.29, 1.82) is 0 Å². The highest BCUT2D eigenvalue weighted by Crippen LogP contribution is 2.15. The van der Waals surface area contributed by atoms with Gasteiger partial charge < -0.3 is 15.7 Å². The van der Waals surface area contributed by atoms with Gasteiger partial charge in [0.2, 0.25) is 5.91 Å². The summed E-state index contributed by atoms with van der Waals surface area (Å²) in [5.41, 5.74) is -0.262. The molecule has 1 amide bonds. The van der Waals surface area contributed by atoms with Crippen molar-refractivity contribution in [2.75, 3.05) is 31.5 Å². The monoisotopic (exact) mass is 299 g/mol. The van der Waals surface area contributed by atoms with Crippen molar-refractivity contribution in [1.82, 2.24) is 10.2 Å². The average Bonchev–Trinajstić information content (AvgIpc) is 2.43. The number of aliphatic carboxylic acids is 1. The Balaban J connectivity index is 2.00. The lowest BCUT2D eigenvalue weighted by Gasteiger charge is -2.32. The number of carboxylic acids is 1. The van der Waals surface area contributed by atoms with Crippen LogP contribution in [0, 0.1) is 11.6 Å². The van der Waals surface area contributed by atoms with Crippen LogP contribution in [-0.2, 0) is 9.59 Å². The van der Waals surface area contributed by atoms with E-state index in [0.717, 1.165) is 18.2 Å². The summed E-state index contributed by atoms with van der Waals surface area (Å²) < 4.78 is 26.4. The van der Waals surface area contributed by atoms with E-state index in [-0.39, 0.29) is 18.8 Å². The molecule has 1 fully saturated rings. The zero-order valence-electron chi connectivity index (χ0n) is 11.1. The Bertz CT molecular complexity index is 553. The number of carbonyl (C=O) groups excluding carboxylic acids is 1. The Kier molecular flexibility index (Phi) is 4.81. The SMILES string of the molecule is O=C(CN1CCNCC1C(=O)O)Nc1cc(F)ccc1F. The molecule has 1 aliphatic heterocycles. The zero-order valence-corrected chi connectivity index (χ0v) is 11.1. The molecule has 3 N–H and O–H groups in total. The van der Waals surface area contributed by atoms with Crippen molar-refractivity contribution >= 4 is 17.6 Å². The van der Waals surface area contributed by atoms with Crippen molar-refractivity contribution < 1.29 is 23.5 Å². The number of piperazine rings is 1. The quantitative estimate of drug-likeness (QED) is 0.743. The van der Waals surface area contributed by atoms with Crippen LogP contribution in [0.1, 0.15) is 0 Å². The van der Waals surface area contributed by atoms with Gasteiger partial charge in [-0.1, -0.05) is 0 Å². The zero-order chi connectivity index (χ0) is 15.4. The van der Waals surface area contributed by atoms with E-state index in [0.29, 0.717) is 13.1 Å². The first kappa shape index (κ1) is 15.3. The molecule has 1 saturated heterocycles. The number of benzene rings is 1. The second-order valence-corrected chi connectivity index (χ2v) is 4.70. The minimum absolute atomic E-state index is 0.200. The summed E-state index contributed by atoms with van der Waals surface area (Å²) in [5.74, 6) is -3.04. The molecule has 1 aromatic carbocycles. The number of rotatable bonds is 4. The third-order valence-electron chi connectivity index (χ3n) is 3.19. The molecule has 1 unspecified atom stereocenters. The summed E-state index contributed by atoms with van der Waals surface area (Å²) in [6.45, 7) is 0.979. The molecule has 21 heavy (non-hydrogen) atoms. The molecule has 0 radical (unpaired) electrons. The standard InChI is InChI=1S/C13H15F2N3O3/c14-8-1-2-9(15)10(5-8)17-12(19)7-18-4-3-16-6-11(18)13(20)21/h1-2,5,11,16H,3-4,6-7H2,(H,17,19)(H,20,21). The summed E-state index contributed by atoms with van der Waals surface area (Å²) in [6, 6.07) is 1.92. The highest BCUT2D eigenvalue weighted by Gasteiger charge is 2.29. The van der Waals surface area contributed by atoms with Crippen LogP contribution in [0.2, 0.25) is 0 Å². The van der Waals surface area contributed by atoms with Crippen LogP contribution in [0.4, 0.5) is 14.5 Å². The summed E-state index contributed by atoms with van der Waals surface area (Å²) in [7, 11) is 0. The van der Waals surface area contributed by atoms with E-state index in [9.17, 15) is 18.4 Å². The molecule has 114 valence electrons. The normalized spacial score (nSPS) is 19.2. The molecule has 8 heteroatoms. The second-order valence-electron chi connectivity index (χ2n) is 4.70. The smallest absolute Gasteiger partial charge is 0.322 e. The molecule has 1 atom stereocenters. The predicted octanol–water partition coefficient (Wildman–Crippen LogP) is 0.262. The molecule has 0 saturated carbocycles. The molecule has 6 nitrogen and oxygen atoms in total. The lowest BCUT2D eigenvalue weighted by atomic mass is 10.2. The van der Waals surface area contributed by atoms with Gasteiger partial charge in [0.1, 0.15) is 17.7 Å². The lowest BCUT2D eigenvalue weighted by Crippen LogP contribution is -2.56. The van der Waals surface area contributed by atoms with E-state index in [1.54, 1.807) is 0 Å². The van der Waals surface area contributed by atoms with Crippen molar-refractivity contribution in [3.63, 3.8) is 0 Å². The molecule has 0 aliphatic carbocycles. The number of nitrogens with one attached hydrogen (secondary N) is 2. The minimum Gasteiger partial charge on any atom is -0.480 e. The fourth-order valence-corrected chi connectivity index (χ4v) is 2.15. The van der Waals surface area contributed by atoms with Crippen LogP contribution in [0.15, 0.2) is 18.2 Å². The van der Waals surface area contributed by atoms with E-state index >= 15 is 0 Å². The highest BCUT2D eigenvalue weighted by molar-refractivity contribution is 5.92. The fourth-order valence-electron chi connectivity index (χ4n) is 2.15. The fraction of sp³-hybridized carbons (Fsp3) is 0.385. The topological polar surface area (TPSA) is 81.7 Å². The molecule has 1 aromatic rings. The first-order valence-corrected chi connectivity index (χ1v) is 6.40. The molecule has 2 rings (SSSR count). The van der Waals surface area contributed by atoms with E-state index in [1.807, 2.05) is 0 Å². The largest absolute Gasteiger partial charge is 0.480 e. The number of hydrogen-bond acceptors (Lipinski definition) is 4. The van der Waals surface area contributed by atoms with Gasteiger partial charge in [0.25, 0.3) is 0 Å². The number of carboxylic acid groups (broad SMARTS) is 1. The maximum Gasteiger partial charge on any atom is 0.322 e. The van der Waals surface area contributed by atoms with Gasteiger partial charge in [-0.15, -0.1) is 0 Å². The maximum atomic E-state index is 13.4. The summed E-state index contributed by atoms with van der Waals surface area (Å²) in [6.07, 6.45) is 0. The van der Waals surface area contributed by atoms with Gasteiger partial charge in [0.15, 0.2) is 0 Å². The van der Waals surface area contributed by atoms with Crippen molar-refractivity contribution in [3.8, 4) is 0 Å². The Morgan fingerprint density at radius 1 is 1.43 bits per heavy atom. The number of anilines is 1. The Labute approximate surface area is 119 Å². The molecule has 0 bridgehead atoms. The highest BCUT2D eigenvalue weighted by atomic mass is 19.1. The number of nitrogens with zero attached hydrogens (tertiary/aromatic N) is 1. The van der Waals surface area contributed by atoms with Crippen LogP contribution in [0.25, 0.3) is 0 Å². The van der Waals surface area contributed by atoms with Gasteiger partial charge in [0, 0.05) is 25.7 Å². The Hall–Kier alpha value is -2.06. The predicted molar refractivity (Wildman–Crippen MR) is 70.9 cm³/mol. The van der Waals surface area contributed by atoms with Gasteiger partial charge in [-0.2, -0.15) is 0 Å². The summed E-state index contributed by atoms with van der Waals surface area (Å²) >= 11 is 0. The van der Waals surface area contributed by atoms with Crippen molar-refractivity contribution in [2.45, 2.75) is 6.04 Å². The second kappa shape index (κ2) is 6.59. The third-order valence-corrected chi connectivity index (χ3v) is 3.19. The van der Waals surface area contributed by atoms with E-state index in [1.165, 1.54) is 4.90 Å². The van der Waals surface area contributed by atoms with Gasteiger partial charge in [-0.05, 0) is 12.1 Å². The van der Waals surface area contributed by atoms with Crippen LogP contribution >= 0.6 is 0 Å². The molecule has 1 heterocycles. The third kappa shape index (κ3) is 3.96. The van der Waals surface area contributed by atoms with Crippen molar-refractivity contribution in [3.05, 3.63) is 29.8 Å². The molecule has 0 spiro atoms. The van der Waals surface area contributed by atoms with E-state index in [2.05, 4.69) is 10.6 Å². The molecular formula is C13H15F2N3O3. The number of amides is 1. The van der Waals surface area contributed by atoms with Crippen LogP contribution in [-0.4, -0.2) is 54.1 Å². The Morgan fingerprint density at radius 2 is 2.19 bits per heavy atom. The first-order chi connectivity index (χ1) is 9.97. The average molecular weight is 299 g/mol. The minimum atomic E-state index is -1.04. The Morgan fingerprint density at radius 3 is 2.90 bits per heavy atom. The summed E-state index contributed by atoms with van der Waals surface area (Å²) in [4.78, 5) is 24.4. The van der Waals surface area contributed by atoms with Crippen LogP contribution in [0.5, 0.6) is 0 Å². The van der Waals surface area contributed by atoms with Gasteiger partial charge in [-0.25, -0.2) is 8.78 Å². The van der Waals surface area contributed by atoms with Crippen molar-refractivity contribution in [2.24, 2.45) is 0 Å². The van der Waals surface area contributed by atoms with Crippen LogP contribution in [0.3, 0.4) is 0 Å². The maximum absolute atomic E-state index is 13.4. The first-order valence-electron chi connectivity index (χ1n) is 6.40. The summed E-state index contributed by atoms with van der Waals surface area (Å²) in [5, 5.41) is 14.2. The van der Waals surface area contributed by atoms with Gasteiger partial charge in [-0.3, -0.25) is 14.5 Å². The lowest BCUT2D eigenvalue weighted by molar-refractivity contribution is -0.144.